The average Bonchev–Trinajstić information content (AvgIpc) is 2.04. The summed E-state index contributed by atoms with van der Waals surface area (Å²) in [6.07, 6.45) is 0.00783. The molecule has 4 nitrogen and oxygen atoms in total. The molecule has 0 spiro atoms. The summed E-state index contributed by atoms with van der Waals surface area (Å²) in [6, 6.07) is 0. The minimum atomic E-state index is -3.00. The number of hydrogen-bond donors (Lipinski definition) is 1. The summed E-state index contributed by atoms with van der Waals surface area (Å²) in [5, 5.41) is 9.12. The summed E-state index contributed by atoms with van der Waals surface area (Å²) >= 11 is 0. The van der Waals surface area contributed by atoms with Gasteiger partial charge in [0.1, 0.15) is 0 Å². The van der Waals surface area contributed by atoms with E-state index in [-0.39, 0.29) is 6.16 Å². The van der Waals surface area contributed by atoms with E-state index in [1.807, 2.05) is 0 Å². The Morgan fingerprint density at radius 1 is 1.45 bits per heavy atom. The second-order valence-electron chi connectivity index (χ2n) is 2.22. The Morgan fingerprint density at radius 3 is 2.18 bits per heavy atom. The molecule has 0 aliphatic rings. The smallest absolute Gasteiger partial charge is 0.332 e. The molecule has 1 unspecified atom stereocenters. The molecule has 1 atom stereocenters. The van der Waals surface area contributed by atoms with Crippen LogP contribution in [0.2, 0.25) is 0 Å². The minimum absolute atomic E-state index is 0.0660. The van der Waals surface area contributed by atoms with Crippen LogP contribution in [-0.4, -0.2) is 31.6 Å². The van der Waals surface area contributed by atoms with Gasteiger partial charge >= 0.3 is 7.60 Å². The van der Waals surface area contributed by atoms with Gasteiger partial charge in [0.25, 0.3) is 0 Å². The van der Waals surface area contributed by atoms with Gasteiger partial charge in [-0.1, -0.05) is 6.92 Å². The first-order chi connectivity index (χ1) is 5.08. The van der Waals surface area contributed by atoms with Crippen LogP contribution in [0, 0.1) is 0 Å². The topological polar surface area (TPSA) is 55.8 Å². The number of aliphatic hydroxyl groups is 1. The second kappa shape index (κ2) is 4.88. The summed E-state index contributed by atoms with van der Waals surface area (Å²) in [4.78, 5) is 0. The molecule has 0 heterocycles. The lowest BCUT2D eigenvalue weighted by atomic mass is 10.3. The lowest BCUT2D eigenvalue weighted by Crippen LogP contribution is -2.12. The normalized spacial score (nSPS) is 14.9. The molecular formula is C6H15O4P. The molecule has 68 valence electrons. The SMILES string of the molecule is CCC(O)CP(=O)(OC)OC. The third-order valence-corrected chi connectivity index (χ3v) is 3.44. The number of hydrogen-bond acceptors (Lipinski definition) is 4. The average molecular weight is 182 g/mol. The lowest BCUT2D eigenvalue weighted by Gasteiger charge is -2.15. The van der Waals surface area contributed by atoms with E-state index in [0.717, 1.165) is 0 Å². The van der Waals surface area contributed by atoms with Crippen molar-refractivity contribution in [2.75, 3.05) is 20.4 Å². The number of rotatable bonds is 5. The molecule has 0 rings (SSSR count). The van der Waals surface area contributed by atoms with E-state index in [1.54, 1.807) is 6.92 Å². The van der Waals surface area contributed by atoms with E-state index in [4.69, 9.17) is 5.11 Å². The first-order valence-corrected chi connectivity index (χ1v) is 5.19. The highest BCUT2D eigenvalue weighted by molar-refractivity contribution is 7.53. The van der Waals surface area contributed by atoms with Crippen LogP contribution in [-0.2, 0) is 13.6 Å². The second-order valence-corrected chi connectivity index (χ2v) is 4.54. The molecule has 0 aromatic heterocycles. The third kappa shape index (κ3) is 3.87. The molecule has 0 amide bonds. The van der Waals surface area contributed by atoms with Crippen LogP contribution in [0.15, 0.2) is 0 Å². The quantitative estimate of drug-likeness (QED) is 0.650. The monoisotopic (exact) mass is 182 g/mol. The highest BCUT2D eigenvalue weighted by atomic mass is 31.2. The summed E-state index contributed by atoms with van der Waals surface area (Å²) in [7, 11) is -0.379. The van der Waals surface area contributed by atoms with E-state index in [1.165, 1.54) is 14.2 Å². The Morgan fingerprint density at radius 2 is 1.91 bits per heavy atom. The van der Waals surface area contributed by atoms with E-state index in [2.05, 4.69) is 9.05 Å². The van der Waals surface area contributed by atoms with Gasteiger partial charge in [0.2, 0.25) is 0 Å². The maximum atomic E-state index is 11.3. The first-order valence-electron chi connectivity index (χ1n) is 3.46. The van der Waals surface area contributed by atoms with Crippen molar-refractivity contribution in [2.24, 2.45) is 0 Å². The van der Waals surface area contributed by atoms with Crippen molar-refractivity contribution >= 4 is 7.60 Å². The molecule has 0 radical (unpaired) electrons. The van der Waals surface area contributed by atoms with Crippen LogP contribution in [0.5, 0.6) is 0 Å². The van der Waals surface area contributed by atoms with Gasteiger partial charge in [0, 0.05) is 14.2 Å². The van der Waals surface area contributed by atoms with Crippen molar-refractivity contribution in [3.8, 4) is 0 Å². The van der Waals surface area contributed by atoms with Crippen molar-refractivity contribution < 1.29 is 18.7 Å². The largest absolute Gasteiger partial charge is 0.392 e. The molecular weight excluding hydrogens is 167 g/mol. The van der Waals surface area contributed by atoms with Gasteiger partial charge in [-0.2, -0.15) is 0 Å². The van der Waals surface area contributed by atoms with Gasteiger partial charge < -0.3 is 14.2 Å². The molecule has 0 saturated heterocycles. The lowest BCUT2D eigenvalue weighted by molar-refractivity contribution is 0.177. The molecule has 0 aromatic rings. The molecule has 0 bridgehead atoms. The fourth-order valence-corrected chi connectivity index (χ4v) is 1.83. The highest BCUT2D eigenvalue weighted by Gasteiger charge is 2.24. The van der Waals surface area contributed by atoms with Crippen LogP contribution in [0.1, 0.15) is 13.3 Å². The molecule has 0 aliphatic heterocycles. The van der Waals surface area contributed by atoms with Crippen LogP contribution in [0.3, 0.4) is 0 Å². The first kappa shape index (κ1) is 11.1. The van der Waals surface area contributed by atoms with E-state index in [9.17, 15) is 4.57 Å². The predicted molar refractivity (Wildman–Crippen MR) is 42.8 cm³/mol. The maximum Gasteiger partial charge on any atom is 0.332 e. The van der Waals surface area contributed by atoms with Crippen molar-refractivity contribution in [1.29, 1.82) is 0 Å². The molecule has 0 aliphatic carbocycles. The molecule has 11 heavy (non-hydrogen) atoms. The van der Waals surface area contributed by atoms with E-state index < -0.39 is 13.7 Å². The fourth-order valence-electron chi connectivity index (χ4n) is 0.611. The Labute approximate surface area is 67.0 Å². The van der Waals surface area contributed by atoms with E-state index in [0.29, 0.717) is 6.42 Å². The Bertz CT molecular complexity index is 140. The van der Waals surface area contributed by atoms with Crippen LogP contribution in [0.25, 0.3) is 0 Å². The van der Waals surface area contributed by atoms with Crippen LogP contribution < -0.4 is 0 Å². The zero-order valence-electron chi connectivity index (χ0n) is 7.11. The zero-order valence-corrected chi connectivity index (χ0v) is 8.01. The predicted octanol–water partition coefficient (Wildman–Crippen LogP) is 1.24. The van der Waals surface area contributed by atoms with Gasteiger partial charge in [0.05, 0.1) is 12.3 Å². The molecule has 0 saturated carbocycles. The Kier molecular flexibility index (Phi) is 4.93. The van der Waals surface area contributed by atoms with Crippen molar-refractivity contribution in [2.45, 2.75) is 19.4 Å². The van der Waals surface area contributed by atoms with Crippen LogP contribution >= 0.6 is 7.60 Å². The fraction of sp³-hybridized carbons (Fsp3) is 1.00. The maximum absolute atomic E-state index is 11.3. The zero-order chi connectivity index (χ0) is 8.91. The molecule has 0 aromatic carbocycles. The summed E-state index contributed by atoms with van der Waals surface area (Å²) in [5.74, 6) is 0. The summed E-state index contributed by atoms with van der Waals surface area (Å²) < 4.78 is 20.6. The van der Waals surface area contributed by atoms with Gasteiger partial charge in [-0.25, -0.2) is 0 Å². The Hall–Kier alpha value is 0.110. The summed E-state index contributed by atoms with van der Waals surface area (Å²) in [5.41, 5.74) is 0. The van der Waals surface area contributed by atoms with Gasteiger partial charge in [-0.3, -0.25) is 4.57 Å². The molecule has 1 N–H and O–H groups in total. The van der Waals surface area contributed by atoms with Crippen LogP contribution in [0.4, 0.5) is 0 Å². The summed E-state index contributed by atoms with van der Waals surface area (Å²) in [6.45, 7) is 1.81. The minimum Gasteiger partial charge on any atom is -0.392 e. The third-order valence-electron chi connectivity index (χ3n) is 1.46. The van der Waals surface area contributed by atoms with Crippen molar-refractivity contribution in [3.63, 3.8) is 0 Å². The van der Waals surface area contributed by atoms with E-state index >= 15 is 0 Å². The van der Waals surface area contributed by atoms with Gasteiger partial charge in [-0.05, 0) is 6.42 Å². The highest BCUT2D eigenvalue weighted by Crippen LogP contribution is 2.46. The van der Waals surface area contributed by atoms with Crippen molar-refractivity contribution in [1.82, 2.24) is 0 Å². The van der Waals surface area contributed by atoms with Gasteiger partial charge in [0.15, 0.2) is 0 Å². The van der Waals surface area contributed by atoms with Crippen molar-refractivity contribution in [3.05, 3.63) is 0 Å². The molecule has 0 fully saturated rings. The number of aliphatic hydroxyl groups excluding tert-OH is 1. The molecule has 5 heteroatoms. The standard InChI is InChI=1S/C6H15O4P/c1-4-6(7)5-11(8,9-2)10-3/h6-7H,4-5H2,1-3H3. The van der Waals surface area contributed by atoms with Gasteiger partial charge in [-0.15, -0.1) is 0 Å². The Balaban J connectivity index is 3.97.